The third-order valence-corrected chi connectivity index (χ3v) is 10.8. The van der Waals surface area contributed by atoms with Gasteiger partial charge in [-0.2, -0.15) is 0 Å². The number of allylic oxidation sites excluding steroid dienone is 12. The summed E-state index contributed by atoms with van der Waals surface area (Å²) in [6.45, 7) is 3.08. The Morgan fingerprint density at radius 3 is 1.52 bits per heavy atom. The maximum atomic E-state index is 12.8. The van der Waals surface area contributed by atoms with Crippen LogP contribution in [0.25, 0.3) is 0 Å². The molecular formula is C46H77O13P. The van der Waals surface area contributed by atoms with Crippen molar-refractivity contribution < 1.29 is 63.1 Å². The molecule has 0 amide bonds. The van der Waals surface area contributed by atoms with Crippen molar-refractivity contribution in [1.29, 1.82) is 0 Å². The van der Waals surface area contributed by atoms with Crippen molar-refractivity contribution in [1.82, 2.24) is 0 Å². The second kappa shape index (κ2) is 35.8. The van der Waals surface area contributed by atoms with Gasteiger partial charge in [0.05, 0.1) is 6.61 Å². The van der Waals surface area contributed by atoms with E-state index in [4.69, 9.17) is 18.5 Å². The van der Waals surface area contributed by atoms with Gasteiger partial charge in [-0.1, -0.05) is 138 Å². The minimum atomic E-state index is -5.14. The summed E-state index contributed by atoms with van der Waals surface area (Å²) in [4.78, 5) is 35.6. The standard InChI is InChI=1S/C46H77O13P/c1-3-5-7-9-11-13-15-17-18-19-20-21-23-24-26-28-30-32-34-39(47)56-36-38(37-57-60(54,55)59-46-44(52)42(50)41(49)43(51)45(46)53)58-40(48)35-33-31-29-27-25-22-16-14-12-10-8-6-4-2/h6,8,12-15,18-19,22,25,29,31,38,41-46,49-53H,3-5,7,9-11,16-17,20-21,23-24,26-28,30,32-37H2,1-2H3,(H,54,55)/b8-6-,14-12-,15-13-,19-18-,25-22-,31-29-. The third-order valence-electron chi connectivity index (χ3n) is 9.80. The Balaban J connectivity index is 2.51. The van der Waals surface area contributed by atoms with E-state index in [0.717, 1.165) is 70.6 Å². The Morgan fingerprint density at radius 2 is 0.983 bits per heavy atom. The number of hydrogen-bond donors (Lipinski definition) is 6. The van der Waals surface area contributed by atoms with Crippen LogP contribution < -0.4 is 0 Å². The van der Waals surface area contributed by atoms with E-state index in [1.165, 1.54) is 32.1 Å². The molecule has 1 saturated carbocycles. The highest BCUT2D eigenvalue weighted by atomic mass is 31.2. The van der Waals surface area contributed by atoms with Gasteiger partial charge >= 0.3 is 19.8 Å². The molecule has 0 aromatic heterocycles. The predicted molar refractivity (Wildman–Crippen MR) is 235 cm³/mol. The molecule has 1 fully saturated rings. The second-order valence-electron chi connectivity index (χ2n) is 15.2. The summed E-state index contributed by atoms with van der Waals surface area (Å²) < 4.78 is 33.4. The lowest BCUT2D eigenvalue weighted by atomic mass is 9.85. The van der Waals surface area contributed by atoms with E-state index in [0.29, 0.717) is 19.3 Å². The SMILES string of the molecule is CC/C=C\C/C=C\C/C=C\C/C=C\CCC(=O)OC(COC(=O)CCCCCCCCC/C=C\C/C=C\CCCCCC)COP(=O)(O)OC1C(O)C(O)C(O)C(O)C1O. The number of phosphoric acid groups is 1. The quantitative estimate of drug-likeness (QED) is 0.0153. The van der Waals surface area contributed by atoms with Crippen molar-refractivity contribution in [2.45, 2.75) is 191 Å². The van der Waals surface area contributed by atoms with Gasteiger partial charge in [-0.05, 0) is 70.6 Å². The lowest BCUT2D eigenvalue weighted by Gasteiger charge is -2.41. The molecule has 6 atom stereocenters. The molecule has 13 nitrogen and oxygen atoms in total. The summed E-state index contributed by atoms with van der Waals surface area (Å²) in [5.74, 6) is -1.21. The van der Waals surface area contributed by atoms with E-state index in [9.17, 15) is 44.6 Å². The lowest BCUT2D eigenvalue weighted by molar-refractivity contribution is -0.220. The fraction of sp³-hybridized carbons (Fsp3) is 0.696. The average Bonchev–Trinajstić information content (AvgIpc) is 3.23. The lowest BCUT2D eigenvalue weighted by Crippen LogP contribution is -2.64. The van der Waals surface area contributed by atoms with E-state index in [1.54, 1.807) is 0 Å². The van der Waals surface area contributed by atoms with Crippen LogP contribution in [0.1, 0.15) is 149 Å². The normalized spacial score (nSPS) is 22.9. The summed E-state index contributed by atoms with van der Waals surface area (Å²) in [7, 11) is -5.14. The number of hydrogen-bond acceptors (Lipinski definition) is 12. The van der Waals surface area contributed by atoms with Crippen LogP contribution in [0.3, 0.4) is 0 Å². The van der Waals surface area contributed by atoms with Crippen molar-refractivity contribution >= 4 is 19.8 Å². The maximum absolute atomic E-state index is 12.8. The van der Waals surface area contributed by atoms with Crippen LogP contribution in [0.2, 0.25) is 0 Å². The number of esters is 2. The number of carbonyl (C=O) groups excluding carboxylic acids is 2. The van der Waals surface area contributed by atoms with E-state index in [-0.39, 0.29) is 12.8 Å². The first kappa shape index (κ1) is 55.3. The molecule has 0 heterocycles. The maximum Gasteiger partial charge on any atom is 0.472 e. The number of ether oxygens (including phenoxy) is 2. The molecule has 6 N–H and O–H groups in total. The zero-order chi connectivity index (χ0) is 44.3. The van der Waals surface area contributed by atoms with Crippen molar-refractivity contribution in [3.8, 4) is 0 Å². The predicted octanol–water partition coefficient (Wildman–Crippen LogP) is 8.33. The second-order valence-corrected chi connectivity index (χ2v) is 16.6. The molecule has 0 saturated heterocycles. The van der Waals surface area contributed by atoms with Gasteiger partial charge in [-0.3, -0.25) is 18.6 Å². The number of unbranched alkanes of at least 4 members (excludes halogenated alkanes) is 11. The van der Waals surface area contributed by atoms with Gasteiger partial charge in [0.25, 0.3) is 0 Å². The number of rotatable bonds is 35. The van der Waals surface area contributed by atoms with Crippen LogP contribution in [0, 0.1) is 0 Å². The summed E-state index contributed by atoms with van der Waals surface area (Å²) in [5, 5.41) is 50.1. The summed E-state index contributed by atoms with van der Waals surface area (Å²) in [6.07, 6.45) is 31.2. The third kappa shape index (κ3) is 28.0. The molecule has 6 unspecified atom stereocenters. The van der Waals surface area contributed by atoms with Crippen molar-refractivity contribution in [3.63, 3.8) is 0 Å². The fourth-order valence-corrected chi connectivity index (χ4v) is 7.18. The monoisotopic (exact) mass is 869 g/mol. The molecule has 344 valence electrons. The van der Waals surface area contributed by atoms with E-state index in [1.807, 2.05) is 18.2 Å². The van der Waals surface area contributed by atoms with Crippen LogP contribution in [0.4, 0.5) is 0 Å². The highest BCUT2D eigenvalue weighted by Crippen LogP contribution is 2.47. The summed E-state index contributed by atoms with van der Waals surface area (Å²) in [6, 6.07) is 0. The van der Waals surface area contributed by atoms with Gasteiger partial charge in [0.15, 0.2) is 6.10 Å². The number of aliphatic hydroxyl groups is 5. The molecule has 0 aromatic rings. The van der Waals surface area contributed by atoms with Crippen LogP contribution in [0.5, 0.6) is 0 Å². The Hall–Kier alpha value is -2.71. The molecule has 0 aliphatic heterocycles. The molecule has 0 aromatic carbocycles. The van der Waals surface area contributed by atoms with Gasteiger partial charge in [0, 0.05) is 12.8 Å². The van der Waals surface area contributed by atoms with Gasteiger partial charge in [-0.25, -0.2) is 4.57 Å². The van der Waals surface area contributed by atoms with Gasteiger partial charge < -0.3 is 39.9 Å². The van der Waals surface area contributed by atoms with Crippen molar-refractivity contribution in [3.05, 3.63) is 72.9 Å². The molecule has 14 heteroatoms. The smallest absolute Gasteiger partial charge is 0.462 e. The van der Waals surface area contributed by atoms with E-state index >= 15 is 0 Å². The average molecular weight is 869 g/mol. The van der Waals surface area contributed by atoms with Crippen LogP contribution >= 0.6 is 7.82 Å². The summed E-state index contributed by atoms with van der Waals surface area (Å²) in [5.41, 5.74) is 0. The first-order valence-electron chi connectivity index (χ1n) is 22.2. The molecule has 60 heavy (non-hydrogen) atoms. The van der Waals surface area contributed by atoms with Crippen LogP contribution in [-0.2, 0) is 32.7 Å². The molecule has 0 bridgehead atoms. The zero-order valence-corrected chi connectivity index (χ0v) is 37.1. The minimum absolute atomic E-state index is 0.0296. The Labute approximate surface area is 359 Å². The largest absolute Gasteiger partial charge is 0.472 e. The fourth-order valence-electron chi connectivity index (χ4n) is 6.21. The van der Waals surface area contributed by atoms with Crippen molar-refractivity contribution in [2.75, 3.05) is 13.2 Å². The Morgan fingerprint density at radius 1 is 0.533 bits per heavy atom. The Kier molecular flexibility index (Phi) is 33.0. The molecule has 0 spiro atoms. The Bertz CT molecular complexity index is 1330. The van der Waals surface area contributed by atoms with Gasteiger partial charge in [-0.15, -0.1) is 0 Å². The van der Waals surface area contributed by atoms with Gasteiger partial charge in [0.2, 0.25) is 0 Å². The van der Waals surface area contributed by atoms with E-state index in [2.05, 4.69) is 68.5 Å². The molecule has 1 aliphatic rings. The first-order chi connectivity index (χ1) is 28.9. The molecule has 1 rings (SSSR count). The highest BCUT2D eigenvalue weighted by molar-refractivity contribution is 7.47. The molecule has 0 radical (unpaired) electrons. The minimum Gasteiger partial charge on any atom is -0.462 e. The number of aliphatic hydroxyl groups excluding tert-OH is 5. The van der Waals surface area contributed by atoms with Crippen LogP contribution in [-0.4, -0.2) is 98.3 Å². The number of phosphoric ester groups is 1. The van der Waals surface area contributed by atoms with Crippen LogP contribution in [0.15, 0.2) is 72.9 Å². The molecular weight excluding hydrogens is 791 g/mol. The number of carbonyl (C=O) groups is 2. The highest BCUT2D eigenvalue weighted by Gasteiger charge is 2.51. The van der Waals surface area contributed by atoms with Gasteiger partial charge in [0.1, 0.15) is 43.2 Å². The first-order valence-corrected chi connectivity index (χ1v) is 23.7. The topological polar surface area (TPSA) is 210 Å². The summed E-state index contributed by atoms with van der Waals surface area (Å²) >= 11 is 0. The molecule has 1 aliphatic carbocycles. The zero-order valence-electron chi connectivity index (χ0n) is 36.2. The van der Waals surface area contributed by atoms with Crippen molar-refractivity contribution in [2.24, 2.45) is 0 Å². The van der Waals surface area contributed by atoms with E-state index < -0.39 is 75.7 Å².